The van der Waals surface area contributed by atoms with Gasteiger partial charge in [-0.2, -0.15) is 0 Å². The van der Waals surface area contributed by atoms with Crippen LogP contribution in [-0.2, 0) is 4.74 Å². The Balaban J connectivity index is 0. The zero-order chi connectivity index (χ0) is 4.62. The van der Waals surface area contributed by atoms with Crippen molar-refractivity contribution in [1.29, 1.82) is 0 Å². The second-order valence-corrected chi connectivity index (χ2v) is 1.94. The molecule has 1 rings (SSSR count). The van der Waals surface area contributed by atoms with E-state index in [1.165, 1.54) is 0 Å². The highest BCUT2D eigenvalue weighted by molar-refractivity contribution is 5.85. The number of epoxide rings is 1. The van der Waals surface area contributed by atoms with E-state index in [1.807, 2.05) is 6.92 Å². The third kappa shape index (κ3) is 2.47. The number of nitrogens with two attached hydrogens (primary N) is 1. The molecule has 52 valence electrons. The molecular formula is C4H13ClN2O. The average molecular weight is 141 g/mol. The highest BCUT2D eigenvalue weighted by atomic mass is 35.5. The number of ether oxygens (including phenoxy) is 1. The van der Waals surface area contributed by atoms with Gasteiger partial charge >= 0.3 is 0 Å². The first-order chi connectivity index (χ1) is 2.77. The fourth-order valence-electron chi connectivity index (χ4n) is 0.241. The highest BCUT2D eigenvalue weighted by Gasteiger charge is 2.37. The summed E-state index contributed by atoms with van der Waals surface area (Å²) in [6.07, 6.45) is 0. The lowest BCUT2D eigenvalue weighted by Gasteiger charge is -1.92. The maximum Gasteiger partial charge on any atom is 0.101 e. The molecule has 1 heterocycles. The van der Waals surface area contributed by atoms with Crippen molar-refractivity contribution in [1.82, 2.24) is 6.15 Å². The van der Waals surface area contributed by atoms with Gasteiger partial charge in [-0.1, -0.05) is 0 Å². The third-order valence-corrected chi connectivity index (χ3v) is 1.07. The number of hydrogen-bond acceptors (Lipinski definition) is 3. The van der Waals surface area contributed by atoms with Crippen LogP contribution in [0.2, 0.25) is 0 Å². The van der Waals surface area contributed by atoms with Crippen molar-refractivity contribution in [2.24, 2.45) is 5.73 Å². The topological polar surface area (TPSA) is 73.5 Å². The van der Waals surface area contributed by atoms with Crippen LogP contribution in [-0.4, -0.2) is 18.8 Å². The van der Waals surface area contributed by atoms with Gasteiger partial charge in [-0.25, -0.2) is 0 Å². The Labute approximate surface area is 55.6 Å². The molecule has 0 aromatic carbocycles. The molecule has 0 amide bonds. The minimum absolute atomic E-state index is 0. The zero-order valence-corrected chi connectivity index (χ0v) is 5.83. The van der Waals surface area contributed by atoms with Gasteiger partial charge in [0.2, 0.25) is 0 Å². The van der Waals surface area contributed by atoms with Crippen LogP contribution >= 0.6 is 12.4 Å². The standard InChI is InChI=1S/C4H9NO.ClH.H3N/c1-4(2-5)3-6-4;;/h2-3,5H2,1H3;1H;1H3. The van der Waals surface area contributed by atoms with Crippen LogP contribution < -0.4 is 11.9 Å². The van der Waals surface area contributed by atoms with Gasteiger partial charge in [0.05, 0.1) is 6.61 Å². The number of rotatable bonds is 1. The predicted octanol–water partition coefficient (Wildman–Crippen LogP) is 0.318. The molecule has 8 heavy (non-hydrogen) atoms. The van der Waals surface area contributed by atoms with Crippen LogP contribution in [0, 0.1) is 0 Å². The van der Waals surface area contributed by atoms with Crippen molar-refractivity contribution in [2.75, 3.05) is 13.2 Å². The van der Waals surface area contributed by atoms with Crippen LogP contribution in [0.4, 0.5) is 0 Å². The molecule has 1 aliphatic heterocycles. The van der Waals surface area contributed by atoms with Gasteiger partial charge in [-0.3, -0.25) is 0 Å². The van der Waals surface area contributed by atoms with Gasteiger partial charge in [-0.05, 0) is 6.92 Å². The molecule has 1 atom stereocenters. The molecule has 0 aromatic heterocycles. The Kier molecular flexibility index (Phi) is 4.48. The fraction of sp³-hybridized carbons (Fsp3) is 1.00. The van der Waals surface area contributed by atoms with Gasteiger partial charge in [-0.15, -0.1) is 12.4 Å². The maximum atomic E-state index is 5.24. The van der Waals surface area contributed by atoms with Crippen LogP contribution in [0.25, 0.3) is 0 Å². The SMILES string of the molecule is CC1(CN)CO1.Cl.N. The minimum atomic E-state index is 0. The van der Waals surface area contributed by atoms with E-state index in [2.05, 4.69) is 0 Å². The second-order valence-electron chi connectivity index (χ2n) is 1.94. The number of halogens is 1. The molecular weight excluding hydrogens is 128 g/mol. The summed E-state index contributed by atoms with van der Waals surface area (Å²) in [5.41, 5.74) is 5.31. The molecule has 1 aliphatic rings. The predicted molar refractivity (Wildman–Crippen MR) is 35.7 cm³/mol. The summed E-state index contributed by atoms with van der Waals surface area (Å²) in [5.74, 6) is 0. The largest absolute Gasteiger partial charge is 0.369 e. The lowest BCUT2D eigenvalue weighted by atomic mass is 10.2. The van der Waals surface area contributed by atoms with Gasteiger partial charge < -0.3 is 16.6 Å². The molecule has 5 N–H and O–H groups in total. The normalized spacial score (nSPS) is 32.2. The summed E-state index contributed by atoms with van der Waals surface area (Å²) in [5, 5.41) is 0. The van der Waals surface area contributed by atoms with E-state index in [0.717, 1.165) is 6.61 Å². The molecule has 0 saturated carbocycles. The molecule has 0 aliphatic carbocycles. The summed E-state index contributed by atoms with van der Waals surface area (Å²) < 4.78 is 4.92. The van der Waals surface area contributed by atoms with E-state index in [9.17, 15) is 0 Å². The van der Waals surface area contributed by atoms with Crippen molar-refractivity contribution in [3.8, 4) is 0 Å². The fourth-order valence-corrected chi connectivity index (χ4v) is 0.241. The van der Waals surface area contributed by atoms with Crippen molar-refractivity contribution in [3.05, 3.63) is 0 Å². The third-order valence-electron chi connectivity index (χ3n) is 1.07. The molecule has 4 heteroatoms. The van der Waals surface area contributed by atoms with E-state index in [-0.39, 0.29) is 24.2 Å². The summed E-state index contributed by atoms with van der Waals surface area (Å²) in [6.45, 7) is 3.52. The van der Waals surface area contributed by atoms with Crippen LogP contribution in [0.15, 0.2) is 0 Å². The molecule has 0 spiro atoms. The van der Waals surface area contributed by atoms with Crippen LogP contribution in [0.5, 0.6) is 0 Å². The Morgan fingerprint density at radius 3 is 2.12 bits per heavy atom. The van der Waals surface area contributed by atoms with Crippen LogP contribution in [0.3, 0.4) is 0 Å². The summed E-state index contributed by atoms with van der Waals surface area (Å²) in [6, 6.07) is 0. The maximum absolute atomic E-state index is 5.24. The first-order valence-corrected chi connectivity index (χ1v) is 2.11. The first-order valence-electron chi connectivity index (χ1n) is 2.11. The van der Waals surface area contributed by atoms with Crippen molar-refractivity contribution in [2.45, 2.75) is 12.5 Å². The van der Waals surface area contributed by atoms with Gasteiger partial charge in [0, 0.05) is 6.54 Å². The molecule has 0 aromatic rings. The van der Waals surface area contributed by atoms with Gasteiger partial charge in [0.25, 0.3) is 0 Å². The Bertz CT molecular complexity index is 65.1. The Morgan fingerprint density at radius 2 is 2.12 bits per heavy atom. The summed E-state index contributed by atoms with van der Waals surface area (Å²) in [4.78, 5) is 0. The minimum Gasteiger partial charge on any atom is -0.369 e. The van der Waals surface area contributed by atoms with E-state index >= 15 is 0 Å². The molecule has 1 unspecified atom stereocenters. The van der Waals surface area contributed by atoms with E-state index in [0.29, 0.717) is 6.54 Å². The first kappa shape index (κ1) is 11.0. The molecule has 3 nitrogen and oxygen atoms in total. The van der Waals surface area contributed by atoms with Crippen molar-refractivity contribution >= 4 is 12.4 Å². The second kappa shape index (κ2) is 3.25. The summed E-state index contributed by atoms with van der Waals surface area (Å²) in [7, 11) is 0. The Morgan fingerprint density at radius 1 is 1.75 bits per heavy atom. The van der Waals surface area contributed by atoms with Gasteiger partial charge in [0.15, 0.2) is 0 Å². The molecule has 1 saturated heterocycles. The summed E-state index contributed by atoms with van der Waals surface area (Å²) >= 11 is 0. The zero-order valence-electron chi connectivity index (χ0n) is 5.02. The monoisotopic (exact) mass is 140 g/mol. The Hall–Kier alpha value is 0.170. The van der Waals surface area contributed by atoms with E-state index in [4.69, 9.17) is 10.5 Å². The lowest BCUT2D eigenvalue weighted by Crippen LogP contribution is -2.18. The molecule has 0 bridgehead atoms. The smallest absolute Gasteiger partial charge is 0.101 e. The van der Waals surface area contributed by atoms with E-state index in [1.54, 1.807) is 0 Å². The van der Waals surface area contributed by atoms with Crippen molar-refractivity contribution in [3.63, 3.8) is 0 Å². The van der Waals surface area contributed by atoms with E-state index < -0.39 is 0 Å². The number of hydrogen-bond donors (Lipinski definition) is 2. The lowest BCUT2D eigenvalue weighted by molar-refractivity contribution is 0.330. The van der Waals surface area contributed by atoms with Crippen molar-refractivity contribution < 1.29 is 4.74 Å². The van der Waals surface area contributed by atoms with Gasteiger partial charge in [0.1, 0.15) is 5.60 Å². The average Bonchev–Trinajstić information content (AvgIpc) is 2.22. The molecule has 1 fully saturated rings. The quantitative estimate of drug-likeness (QED) is 0.515. The highest BCUT2D eigenvalue weighted by Crippen LogP contribution is 2.22. The van der Waals surface area contributed by atoms with Crippen LogP contribution in [0.1, 0.15) is 6.92 Å². The molecule has 0 radical (unpaired) electrons.